The highest BCUT2D eigenvalue weighted by atomic mass is 19.1. The fourth-order valence-electron chi connectivity index (χ4n) is 1.85. The van der Waals surface area contributed by atoms with Crippen LogP contribution in [-0.4, -0.2) is 11.9 Å². The van der Waals surface area contributed by atoms with Crippen molar-refractivity contribution in [2.45, 2.75) is 26.1 Å². The van der Waals surface area contributed by atoms with Gasteiger partial charge in [0.15, 0.2) is 0 Å². The summed E-state index contributed by atoms with van der Waals surface area (Å²) in [6.07, 6.45) is 0. The molecule has 0 spiro atoms. The van der Waals surface area contributed by atoms with Crippen molar-refractivity contribution < 1.29 is 13.9 Å². The van der Waals surface area contributed by atoms with Gasteiger partial charge in [-0.05, 0) is 42.3 Å². The average Bonchev–Trinajstić information content (AvgIpc) is 2.51. The number of amides is 1. The molecule has 4 nitrogen and oxygen atoms in total. The van der Waals surface area contributed by atoms with Crippen LogP contribution in [0.2, 0.25) is 0 Å². The predicted molar refractivity (Wildman–Crippen MR) is 82.7 cm³/mol. The third kappa shape index (κ3) is 4.86. The zero-order valence-corrected chi connectivity index (χ0v) is 12.4. The SMILES string of the molecule is C[C@@H](N)C(=O)NCc1ccc(OCc2cccc(F)c2)cc1. The van der Waals surface area contributed by atoms with E-state index in [1.54, 1.807) is 19.1 Å². The maximum atomic E-state index is 13.1. The highest BCUT2D eigenvalue weighted by Crippen LogP contribution is 2.14. The van der Waals surface area contributed by atoms with Gasteiger partial charge in [-0.3, -0.25) is 4.79 Å². The zero-order valence-electron chi connectivity index (χ0n) is 12.4. The summed E-state index contributed by atoms with van der Waals surface area (Å²) in [5, 5.41) is 2.74. The number of nitrogens with two attached hydrogens (primary N) is 1. The van der Waals surface area contributed by atoms with Crippen LogP contribution in [0.25, 0.3) is 0 Å². The molecule has 0 aromatic heterocycles. The van der Waals surface area contributed by atoms with E-state index in [1.165, 1.54) is 12.1 Å². The number of ether oxygens (including phenoxy) is 1. The first-order valence-electron chi connectivity index (χ1n) is 7.04. The van der Waals surface area contributed by atoms with Gasteiger partial charge in [0, 0.05) is 6.54 Å². The molecular weight excluding hydrogens is 283 g/mol. The number of halogens is 1. The van der Waals surface area contributed by atoms with Crippen LogP contribution < -0.4 is 15.8 Å². The number of hydrogen-bond donors (Lipinski definition) is 2. The number of carbonyl (C=O) groups is 1. The van der Waals surface area contributed by atoms with Crippen LogP contribution in [0.5, 0.6) is 5.75 Å². The van der Waals surface area contributed by atoms with Gasteiger partial charge in [0.05, 0.1) is 6.04 Å². The molecule has 0 saturated carbocycles. The summed E-state index contributed by atoms with van der Waals surface area (Å²) < 4.78 is 18.6. The monoisotopic (exact) mass is 302 g/mol. The molecule has 22 heavy (non-hydrogen) atoms. The van der Waals surface area contributed by atoms with Gasteiger partial charge in [-0.2, -0.15) is 0 Å². The second-order valence-electron chi connectivity index (χ2n) is 5.07. The van der Waals surface area contributed by atoms with E-state index in [1.807, 2.05) is 24.3 Å². The maximum absolute atomic E-state index is 13.1. The lowest BCUT2D eigenvalue weighted by molar-refractivity contribution is -0.122. The van der Waals surface area contributed by atoms with Gasteiger partial charge in [0.2, 0.25) is 5.91 Å². The summed E-state index contributed by atoms with van der Waals surface area (Å²) in [6, 6.07) is 13.1. The van der Waals surface area contributed by atoms with Crippen molar-refractivity contribution in [3.63, 3.8) is 0 Å². The van der Waals surface area contributed by atoms with Gasteiger partial charge in [0.1, 0.15) is 18.2 Å². The molecule has 1 atom stereocenters. The molecule has 0 aliphatic heterocycles. The second-order valence-corrected chi connectivity index (χ2v) is 5.07. The van der Waals surface area contributed by atoms with Crippen molar-refractivity contribution in [1.82, 2.24) is 5.32 Å². The minimum absolute atomic E-state index is 0.188. The summed E-state index contributed by atoms with van der Waals surface area (Å²) in [5.41, 5.74) is 7.19. The van der Waals surface area contributed by atoms with E-state index in [0.717, 1.165) is 11.1 Å². The van der Waals surface area contributed by atoms with Crippen molar-refractivity contribution in [3.8, 4) is 5.75 Å². The molecule has 0 saturated heterocycles. The fourth-order valence-corrected chi connectivity index (χ4v) is 1.85. The van der Waals surface area contributed by atoms with Crippen LogP contribution >= 0.6 is 0 Å². The quantitative estimate of drug-likeness (QED) is 0.861. The molecule has 2 aromatic carbocycles. The summed E-state index contributed by atoms with van der Waals surface area (Å²) in [7, 11) is 0. The van der Waals surface area contributed by atoms with Gasteiger partial charge in [-0.1, -0.05) is 24.3 Å². The van der Waals surface area contributed by atoms with Gasteiger partial charge >= 0.3 is 0 Å². The van der Waals surface area contributed by atoms with Crippen molar-refractivity contribution in [3.05, 3.63) is 65.5 Å². The molecule has 0 bridgehead atoms. The second kappa shape index (κ2) is 7.56. The standard InChI is InChI=1S/C17H19FN2O2/c1-12(19)17(21)20-10-13-5-7-16(8-6-13)22-11-14-3-2-4-15(18)9-14/h2-9,12H,10-11,19H2,1H3,(H,20,21)/t12-/m1/s1. The molecule has 0 heterocycles. The molecule has 2 aromatic rings. The number of carbonyl (C=O) groups excluding carboxylic acids is 1. The minimum Gasteiger partial charge on any atom is -0.489 e. The summed E-state index contributed by atoms with van der Waals surface area (Å²) in [4.78, 5) is 11.4. The minimum atomic E-state index is -0.520. The number of benzene rings is 2. The molecule has 0 unspecified atom stereocenters. The first kappa shape index (κ1) is 16.0. The Kier molecular flexibility index (Phi) is 5.49. The number of nitrogens with one attached hydrogen (secondary N) is 1. The molecule has 1 amide bonds. The van der Waals surface area contributed by atoms with E-state index in [0.29, 0.717) is 18.9 Å². The Morgan fingerprint density at radius 2 is 1.95 bits per heavy atom. The highest BCUT2D eigenvalue weighted by Gasteiger charge is 2.06. The van der Waals surface area contributed by atoms with Gasteiger partial charge in [0.25, 0.3) is 0 Å². The molecular formula is C17H19FN2O2. The Hall–Kier alpha value is -2.40. The van der Waals surface area contributed by atoms with E-state index in [9.17, 15) is 9.18 Å². The molecule has 0 aliphatic rings. The molecule has 0 fully saturated rings. The van der Waals surface area contributed by atoms with Gasteiger partial charge in [-0.15, -0.1) is 0 Å². The maximum Gasteiger partial charge on any atom is 0.236 e. The number of rotatable bonds is 6. The van der Waals surface area contributed by atoms with Crippen molar-refractivity contribution in [1.29, 1.82) is 0 Å². The number of hydrogen-bond acceptors (Lipinski definition) is 3. The van der Waals surface area contributed by atoms with Crippen molar-refractivity contribution in [2.24, 2.45) is 5.73 Å². The van der Waals surface area contributed by atoms with E-state index in [2.05, 4.69) is 5.32 Å². The summed E-state index contributed by atoms with van der Waals surface area (Å²) in [6.45, 7) is 2.36. The molecule has 2 rings (SSSR count). The lowest BCUT2D eigenvalue weighted by Crippen LogP contribution is -2.37. The van der Waals surface area contributed by atoms with Crippen LogP contribution in [0.4, 0.5) is 4.39 Å². The highest BCUT2D eigenvalue weighted by molar-refractivity contribution is 5.80. The van der Waals surface area contributed by atoms with Crippen LogP contribution in [0.3, 0.4) is 0 Å². The average molecular weight is 302 g/mol. The Morgan fingerprint density at radius 1 is 1.23 bits per heavy atom. The Bertz CT molecular complexity index is 627. The zero-order chi connectivity index (χ0) is 15.9. The van der Waals surface area contributed by atoms with Gasteiger partial charge < -0.3 is 15.8 Å². The van der Waals surface area contributed by atoms with Crippen molar-refractivity contribution in [2.75, 3.05) is 0 Å². The van der Waals surface area contributed by atoms with Crippen LogP contribution in [0, 0.1) is 5.82 Å². The van der Waals surface area contributed by atoms with Crippen molar-refractivity contribution >= 4 is 5.91 Å². The third-order valence-electron chi connectivity index (χ3n) is 3.10. The lowest BCUT2D eigenvalue weighted by atomic mass is 10.2. The van der Waals surface area contributed by atoms with Crippen LogP contribution in [-0.2, 0) is 17.9 Å². The van der Waals surface area contributed by atoms with Gasteiger partial charge in [-0.25, -0.2) is 4.39 Å². The summed E-state index contributed by atoms with van der Waals surface area (Å²) in [5.74, 6) is 0.222. The van der Waals surface area contributed by atoms with E-state index in [-0.39, 0.29) is 11.7 Å². The Balaban J connectivity index is 1.85. The first-order valence-corrected chi connectivity index (χ1v) is 7.04. The predicted octanol–water partition coefficient (Wildman–Crippen LogP) is 2.37. The molecule has 0 aliphatic carbocycles. The Labute approximate surface area is 129 Å². The Morgan fingerprint density at radius 3 is 2.59 bits per heavy atom. The molecule has 3 N–H and O–H groups in total. The molecule has 116 valence electrons. The lowest BCUT2D eigenvalue weighted by Gasteiger charge is -2.09. The van der Waals surface area contributed by atoms with Crippen LogP contribution in [0.1, 0.15) is 18.1 Å². The third-order valence-corrected chi connectivity index (χ3v) is 3.10. The molecule has 0 radical (unpaired) electrons. The summed E-state index contributed by atoms with van der Waals surface area (Å²) >= 11 is 0. The van der Waals surface area contributed by atoms with Crippen LogP contribution in [0.15, 0.2) is 48.5 Å². The normalized spacial score (nSPS) is 11.8. The van der Waals surface area contributed by atoms with E-state index < -0.39 is 6.04 Å². The topological polar surface area (TPSA) is 64.4 Å². The first-order chi connectivity index (χ1) is 10.5. The fraction of sp³-hybridized carbons (Fsp3) is 0.235. The largest absolute Gasteiger partial charge is 0.489 e. The smallest absolute Gasteiger partial charge is 0.236 e. The van der Waals surface area contributed by atoms with E-state index in [4.69, 9.17) is 10.5 Å². The molecule has 5 heteroatoms. The van der Waals surface area contributed by atoms with E-state index >= 15 is 0 Å².